The quantitative estimate of drug-likeness (QED) is 0.493. The second-order valence-corrected chi connectivity index (χ2v) is 8.85. The van der Waals surface area contributed by atoms with Crippen molar-refractivity contribution in [2.45, 2.75) is 24.9 Å². The number of hydrogen-bond donors (Lipinski definition) is 0. The number of ether oxygens (including phenoxy) is 1. The van der Waals surface area contributed by atoms with E-state index in [0.29, 0.717) is 31.1 Å². The highest BCUT2D eigenvalue weighted by Crippen LogP contribution is 2.40. The Balaban J connectivity index is 1.52. The van der Waals surface area contributed by atoms with Crippen LogP contribution in [-0.4, -0.2) is 47.5 Å². The van der Waals surface area contributed by atoms with Crippen LogP contribution in [0.1, 0.15) is 28.3 Å². The first kappa shape index (κ1) is 22.0. The average molecular weight is 475 g/mol. The van der Waals surface area contributed by atoms with E-state index in [-0.39, 0.29) is 17.0 Å². The maximum absolute atomic E-state index is 13.6. The van der Waals surface area contributed by atoms with Gasteiger partial charge in [0, 0.05) is 31.1 Å². The molecule has 3 heterocycles. The Morgan fingerprint density at radius 1 is 1.06 bits per heavy atom. The molecule has 172 valence electrons. The summed E-state index contributed by atoms with van der Waals surface area (Å²) < 4.78 is 46.1. The molecule has 0 bridgehead atoms. The van der Waals surface area contributed by atoms with Crippen LogP contribution in [0.25, 0.3) is 0 Å². The maximum Gasteiger partial charge on any atom is 0.282 e. The number of benzene rings is 2. The van der Waals surface area contributed by atoms with E-state index < -0.39 is 19.0 Å². The fourth-order valence-corrected chi connectivity index (χ4v) is 4.70. The summed E-state index contributed by atoms with van der Waals surface area (Å²) in [6.45, 7) is 0.958. The number of rotatable bonds is 5. The zero-order valence-electron chi connectivity index (χ0n) is 17.9. The van der Waals surface area contributed by atoms with E-state index in [4.69, 9.17) is 16.3 Å². The fourth-order valence-electron chi connectivity index (χ4n) is 4.53. The first-order valence-corrected chi connectivity index (χ1v) is 11.0. The summed E-state index contributed by atoms with van der Waals surface area (Å²) in [6, 6.07) is 14.1. The van der Waals surface area contributed by atoms with Crippen molar-refractivity contribution in [1.82, 2.24) is 14.9 Å². The molecule has 0 spiro atoms. The number of nitrogens with zero attached hydrogens (tertiary/aromatic N) is 4. The first-order chi connectivity index (χ1) is 15.8. The second-order valence-electron chi connectivity index (χ2n) is 8.51. The molecule has 0 saturated carbocycles. The van der Waals surface area contributed by atoms with E-state index in [2.05, 4.69) is 14.9 Å². The van der Waals surface area contributed by atoms with E-state index in [1.54, 1.807) is 24.1 Å². The van der Waals surface area contributed by atoms with Gasteiger partial charge >= 0.3 is 0 Å². The van der Waals surface area contributed by atoms with Crippen LogP contribution in [0.5, 0.6) is 5.75 Å². The molecule has 2 aliphatic rings. The van der Waals surface area contributed by atoms with Crippen LogP contribution in [0.3, 0.4) is 0 Å². The van der Waals surface area contributed by atoms with Crippen molar-refractivity contribution in [3.63, 3.8) is 0 Å². The molecule has 1 aromatic heterocycles. The third-order valence-electron chi connectivity index (χ3n) is 6.12. The van der Waals surface area contributed by atoms with Crippen LogP contribution in [0, 0.1) is 5.82 Å². The standard InChI is InChI=1S/C24H22ClF3N4O/c1-33-18-8-2-15(3-9-18)10-31-11-19(16-4-6-17(26)7-5-16)21-20(12-31)22(30-23(25)29-21)32-13-24(27,28)14-32/h2-9,19H,10-14H2,1H3. The molecule has 5 rings (SSSR count). The van der Waals surface area contributed by atoms with Crippen LogP contribution in [0.15, 0.2) is 48.5 Å². The summed E-state index contributed by atoms with van der Waals surface area (Å²) in [5.41, 5.74) is 3.46. The third-order valence-corrected chi connectivity index (χ3v) is 6.29. The number of fused-ring (bicyclic) bond motifs is 1. The van der Waals surface area contributed by atoms with Crippen LogP contribution in [-0.2, 0) is 13.1 Å². The smallest absolute Gasteiger partial charge is 0.282 e. The molecule has 33 heavy (non-hydrogen) atoms. The van der Waals surface area contributed by atoms with Gasteiger partial charge in [-0.2, -0.15) is 0 Å². The van der Waals surface area contributed by atoms with Gasteiger partial charge in [0.2, 0.25) is 5.28 Å². The zero-order chi connectivity index (χ0) is 23.2. The summed E-state index contributed by atoms with van der Waals surface area (Å²) in [6.07, 6.45) is 0. The largest absolute Gasteiger partial charge is 0.497 e. The highest BCUT2D eigenvalue weighted by Gasteiger charge is 2.46. The van der Waals surface area contributed by atoms with Crippen molar-refractivity contribution in [3.8, 4) is 5.75 Å². The molecule has 1 saturated heterocycles. The molecule has 2 aliphatic heterocycles. The number of alkyl halides is 2. The van der Waals surface area contributed by atoms with Crippen LogP contribution >= 0.6 is 11.6 Å². The van der Waals surface area contributed by atoms with E-state index in [1.165, 1.54) is 12.1 Å². The first-order valence-electron chi connectivity index (χ1n) is 10.6. The maximum atomic E-state index is 13.6. The van der Waals surface area contributed by atoms with Gasteiger partial charge < -0.3 is 9.64 Å². The number of halogens is 4. The highest BCUT2D eigenvalue weighted by molar-refractivity contribution is 6.28. The third kappa shape index (κ3) is 4.50. The van der Waals surface area contributed by atoms with Crippen molar-refractivity contribution in [2.24, 2.45) is 0 Å². The molecule has 1 atom stereocenters. The Morgan fingerprint density at radius 3 is 2.39 bits per heavy atom. The molecule has 1 unspecified atom stereocenters. The Hall–Kier alpha value is -2.84. The molecular formula is C24H22ClF3N4O. The van der Waals surface area contributed by atoms with Gasteiger partial charge in [-0.05, 0) is 47.0 Å². The highest BCUT2D eigenvalue weighted by atomic mass is 35.5. The molecule has 9 heteroatoms. The Labute approximate surface area is 194 Å². The van der Waals surface area contributed by atoms with Crippen molar-refractivity contribution >= 4 is 17.4 Å². The van der Waals surface area contributed by atoms with Crippen LogP contribution in [0.4, 0.5) is 19.0 Å². The molecule has 0 amide bonds. The Kier molecular flexibility index (Phi) is 5.66. The summed E-state index contributed by atoms with van der Waals surface area (Å²) in [7, 11) is 1.62. The van der Waals surface area contributed by atoms with E-state index in [9.17, 15) is 13.2 Å². The molecule has 0 aliphatic carbocycles. The Bertz CT molecular complexity index is 1150. The second kappa shape index (κ2) is 8.50. The lowest BCUT2D eigenvalue weighted by atomic mass is 9.88. The molecule has 5 nitrogen and oxygen atoms in total. The zero-order valence-corrected chi connectivity index (χ0v) is 18.7. The van der Waals surface area contributed by atoms with Crippen molar-refractivity contribution < 1.29 is 17.9 Å². The minimum absolute atomic E-state index is 0.0229. The fraction of sp³-hybridized carbons (Fsp3) is 0.333. The van der Waals surface area contributed by atoms with E-state index in [1.807, 2.05) is 24.3 Å². The predicted octanol–water partition coefficient (Wildman–Crippen LogP) is 4.88. The number of aromatic nitrogens is 2. The predicted molar refractivity (Wildman–Crippen MR) is 120 cm³/mol. The topological polar surface area (TPSA) is 41.5 Å². The number of hydrogen-bond acceptors (Lipinski definition) is 5. The lowest BCUT2D eigenvalue weighted by molar-refractivity contribution is -0.0269. The van der Waals surface area contributed by atoms with Crippen molar-refractivity contribution in [3.05, 3.63) is 82.0 Å². The van der Waals surface area contributed by atoms with Gasteiger partial charge in [0.25, 0.3) is 5.92 Å². The van der Waals surface area contributed by atoms with Crippen LogP contribution < -0.4 is 9.64 Å². The van der Waals surface area contributed by atoms with Crippen LogP contribution in [0.2, 0.25) is 5.28 Å². The normalized spacial score (nSPS) is 19.7. The van der Waals surface area contributed by atoms with Crippen molar-refractivity contribution in [1.29, 1.82) is 0 Å². The number of anilines is 1. The molecule has 2 aromatic carbocycles. The van der Waals surface area contributed by atoms with Gasteiger partial charge in [-0.1, -0.05) is 24.3 Å². The minimum atomic E-state index is -2.74. The number of methoxy groups -OCH3 is 1. The molecule has 3 aromatic rings. The SMILES string of the molecule is COc1ccc(CN2Cc3c(nc(Cl)nc3N3CC(F)(F)C3)C(c3ccc(F)cc3)C2)cc1. The van der Waals surface area contributed by atoms with Gasteiger partial charge in [-0.15, -0.1) is 0 Å². The van der Waals surface area contributed by atoms with E-state index >= 15 is 0 Å². The molecular weight excluding hydrogens is 453 g/mol. The Morgan fingerprint density at radius 2 is 1.76 bits per heavy atom. The lowest BCUT2D eigenvalue weighted by Gasteiger charge is -2.42. The van der Waals surface area contributed by atoms with Crippen molar-refractivity contribution in [2.75, 3.05) is 31.6 Å². The van der Waals surface area contributed by atoms with Gasteiger partial charge in [-0.25, -0.2) is 23.1 Å². The van der Waals surface area contributed by atoms with Gasteiger partial charge in [-0.3, -0.25) is 4.90 Å². The molecule has 1 fully saturated rings. The van der Waals surface area contributed by atoms with Gasteiger partial charge in [0.1, 0.15) is 17.4 Å². The molecule has 0 N–H and O–H groups in total. The summed E-state index contributed by atoms with van der Waals surface area (Å²) in [5.74, 6) is -2.04. The summed E-state index contributed by atoms with van der Waals surface area (Å²) in [5, 5.41) is 0.0229. The monoisotopic (exact) mass is 474 g/mol. The summed E-state index contributed by atoms with van der Waals surface area (Å²) >= 11 is 6.23. The average Bonchev–Trinajstić information content (AvgIpc) is 2.78. The summed E-state index contributed by atoms with van der Waals surface area (Å²) in [4.78, 5) is 12.6. The minimum Gasteiger partial charge on any atom is -0.497 e. The van der Waals surface area contributed by atoms with Gasteiger partial charge in [0.15, 0.2) is 0 Å². The lowest BCUT2D eigenvalue weighted by Crippen LogP contribution is -2.57. The van der Waals surface area contributed by atoms with Gasteiger partial charge in [0.05, 0.1) is 25.9 Å². The van der Waals surface area contributed by atoms with E-state index in [0.717, 1.165) is 22.4 Å². The molecule has 0 radical (unpaired) electrons.